The lowest BCUT2D eigenvalue weighted by molar-refractivity contribution is -0.138. The Morgan fingerprint density at radius 3 is 2.32 bits per heavy atom. The lowest BCUT2D eigenvalue weighted by atomic mass is 10.0. The van der Waals surface area contributed by atoms with Crippen molar-refractivity contribution in [1.82, 2.24) is 0 Å². The van der Waals surface area contributed by atoms with Crippen LogP contribution in [0.15, 0.2) is 24.2 Å². The smallest absolute Gasteiger partial charge is 0.377 e. The van der Waals surface area contributed by atoms with E-state index in [9.17, 15) is 9.59 Å². The normalized spacial score (nSPS) is 11.7. The quantitative estimate of drug-likeness (QED) is 0.304. The average Bonchev–Trinajstić information content (AvgIpc) is 2.52. The number of alkyl halides is 1. The standard InChI is InChI=1S/C18H23BrO6/c1-11-12(9-19)7-8-13(15(11)17(21)25-18(2,3)4)24-14(10-22-5)16(20)23-6/h7-8,10H,9H2,1-6H3/b14-10+. The highest BCUT2D eigenvalue weighted by atomic mass is 79.9. The van der Waals surface area contributed by atoms with E-state index in [2.05, 4.69) is 20.7 Å². The van der Waals surface area contributed by atoms with Gasteiger partial charge in [-0.1, -0.05) is 22.0 Å². The van der Waals surface area contributed by atoms with Gasteiger partial charge in [0.15, 0.2) is 0 Å². The molecule has 0 saturated carbocycles. The fourth-order valence-corrected chi connectivity index (χ4v) is 2.59. The summed E-state index contributed by atoms with van der Waals surface area (Å²) in [4.78, 5) is 24.5. The summed E-state index contributed by atoms with van der Waals surface area (Å²) in [5.74, 6) is -1.26. The second-order valence-electron chi connectivity index (χ2n) is 6.17. The Morgan fingerprint density at radius 2 is 1.84 bits per heavy atom. The SMILES string of the molecule is CO/C=C(/Oc1ccc(CBr)c(C)c1C(=O)OC(C)(C)C)C(=O)OC. The highest BCUT2D eigenvalue weighted by Gasteiger charge is 2.26. The number of carbonyl (C=O) groups excluding carboxylic acids is 2. The Morgan fingerprint density at radius 1 is 1.20 bits per heavy atom. The second kappa shape index (κ2) is 8.89. The first-order valence-electron chi connectivity index (χ1n) is 7.55. The Labute approximate surface area is 156 Å². The van der Waals surface area contributed by atoms with Gasteiger partial charge in [-0.15, -0.1) is 0 Å². The average molecular weight is 415 g/mol. The molecule has 1 rings (SSSR count). The molecule has 7 heteroatoms. The molecule has 0 fully saturated rings. The third kappa shape index (κ3) is 5.77. The van der Waals surface area contributed by atoms with E-state index in [1.54, 1.807) is 39.8 Å². The Bertz CT molecular complexity index is 673. The number of rotatable bonds is 6. The summed E-state index contributed by atoms with van der Waals surface area (Å²) >= 11 is 3.39. The van der Waals surface area contributed by atoms with Crippen molar-refractivity contribution in [2.45, 2.75) is 38.6 Å². The minimum absolute atomic E-state index is 0.180. The Balaban J connectivity index is 3.40. The van der Waals surface area contributed by atoms with Gasteiger partial charge in [-0.05, 0) is 44.9 Å². The maximum Gasteiger partial charge on any atom is 0.377 e. The molecule has 1 aromatic carbocycles. The van der Waals surface area contributed by atoms with E-state index in [-0.39, 0.29) is 17.1 Å². The molecule has 1 aromatic rings. The van der Waals surface area contributed by atoms with Crippen LogP contribution in [0.4, 0.5) is 0 Å². The van der Waals surface area contributed by atoms with Crippen LogP contribution in [-0.2, 0) is 24.3 Å². The molecule has 0 aromatic heterocycles. The second-order valence-corrected chi connectivity index (χ2v) is 6.73. The van der Waals surface area contributed by atoms with Crippen molar-refractivity contribution in [3.05, 3.63) is 40.8 Å². The Kier molecular flexibility index (Phi) is 7.48. The highest BCUT2D eigenvalue weighted by molar-refractivity contribution is 9.08. The third-order valence-electron chi connectivity index (χ3n) is 3.12. The predicted molar refractivity (Wildman–Crippen MR) is 96.7 cm³/mol. The topological polar surface area (TPSA) is 71.1 Å². The van der Waals surface area contributed by atoms with Crippen molar-refractivity contribution in [1.29, 1.82) is 0 Å². The molecule has 138 valence electrons. The predicted octanol–water partition coefficient (Wildman–Crippen LogP) is 3.88. The molecule has 0 N–H and O–H groups in total. The van der Waals surface area contributed by atoms with Crippen LogP contribution in [-0.4, -0.2) is 31.8 Å². The Hall–Kier alpha value is -2.02. The summed E-state index contributed by atoms with van der Waals surface area (Å²) in [5, 5.41) is 0.562. The van der Waals surface area contributed by atoms with Crippen LogP contribution in [0.25, 0.3) is 0 Å². The molecule has 0 aliphatic rings. The van der Waals surface area contributed by atoms with E-state index in [4.69, 9.17) is 14.2 Å². The molecule has 0 saturated heterocycles. The van der Waals surface area contributed by atoms with Crippen LogP contribution >= 0.6 is 15.9 Å². The number of halogens is 1. The molecular formula is C18H23BrO6. The van der Waals surface area contributed by atoms with E-state index >= 15 is 0 Å². The largest absolute Gasteiger partial charge is 0.500 e. The van der Waals surface area contributed by atoms with Crippen LogP contribution in [0.5, 0.6) is 5.75 Å². The molecule has 0 unspecified atom stereocenters. The molecule has 6 nitrogen and oxygen atoms in total. The fraction of sp³-hybridized carbons (Fsp3) is 0.444. The monoisotopic (exact) mass is 414 g/mol. The van der Waals surface area contributed by atoms with Gasteiger partial charge in [0, 0.05) is 5.33 Å². The number of benzene rings is 1. The van der Waals surface area contributed by atoms with Crippen molar-refractivity contribution in [3.63, 3.8) is 0 Å². The van der Waals surface area contributed by atoms with Crippen molar-refractivity contribution in [2.75, 3.05) is 14.2 Å². The van der Waals surface area contributed by atoms with Gasteiger partial charge in [0.1, 0.15) is 23.2 Å². The fourth-order valence-electron chi connectivity index (χ4n) is 1.98. The molecule has 0 radical (unpaired) electrons. The zero-order chi connectivity index (χ0) is 19.2. The molecule has 0 bridgehead atoms. The van der Waals surface area contributed by atoms with Crippen molar-refractivity contribution in [3.8, 4) is 5.75 Å². The lowest BCUT2D eigenvalue weighted by Crippen LogP contribution is -2.25. The zero-order valence-corrected chi connectivity index (χ0v) is 16.9. The number of methoxy groups -OCH3 is 2. The van der Waals surface area contributed by atoms with Crippen LogP contribution in [0.1, 0.15) is 42.3 Å². The van der Waals surface area contributed by atoms with Crippen LogP contribution < -0.4 is 4.74 Å². The maximum absolute atomic E-state index is 12.7. The summed E-state index contributed by atoms with van der Waals surface area (Å²) in [6.07, 6.45) is 1.11. The zero-order valence-electron chi connectivity index (χ0n) is 15.3. The van der Waals surface area contributed by atoms with Crippen LogP contribution in [0, 0.1) is 6.92 Å². The molecule has 0 heterocycles. The first kappa shape index (κ1) is 21.0. The molecule has 0 spiro atoms. The number of hydrogen-bond donors (Lipinski definition) is 0. The van der Waals surface area contributed by atoms with Gasteiger partial charge in [0.2, 0.25) is 5.76 Å². The molecule has 0 aliphatic carbocycles. The molecular weight excluding hydrogens is 392 g/mol. The first-order chi connectivity index (χ1) is 11.6. The van der Waals surface area contributed by atoms with E-state index in [0.717, 1.165) is 11.8 Å². The third-order valence-corrected chi connectivity index (χ3v) is 3.72. The van der Waals surface area contributed by atoms with Crippen LogP contribution in [0.3, 0.4) is 0 Å². The van der Waals surface area contributed by atoms with Gasteiger partial charge in [-0.2, -0.15) is 0 Å². The molecule has 25 heavy (non-hydrogen) atoms. The maximum atomic E-state index is 12.7. The van der Waals surface area contributed by atoms with E-state index in [1.165, 1.54) is 14.2 Å². The number of ether oxygens (including phenoxy) is 4. The van der Waals surface area contributed by atoms with Crippen molar-refractivity contribution in [2.24, 2.45) is 0 Å². The minimum atomic E-state index is -0.723. The van der Waals surface area contributed by atoms with E-state index in [1.807, 2.05) is 0 Å². The lowest BCUT2D eigenvalue weighted by Gasteiger charge is -2.22. The first-order valence-corrected chi connectivity index (χ1v) is 8.67. The number of esters is 2. The molecule has 0 aliphatic heterocycles. The van der Waals surface area contributed by atoms with Crippen molar-refractivity contribution < 1.29 is 28.5 Å². The summed E-state index contributed by atoms with van der Waals surface area (Å²) in [5.41, 5.74) is 1.19. The summed E-state index contributed by atoms with van der Waals surface area (Å²) in [7, 11) is 2.60. The van der Waals surface area contributed by atoms with Crippen LogP contribution in [0.2, 0.25) is 0 Å². The van der Waals surface area contributed by atoms with Gasteiger partial charge < -0.3 is 18.9 Å². The van der Waals surface area contributed by atoms with Crippen molar-refractivity contribution >= 4 is 27.9 Å². The van der Waals surface area contributed by atoms with E-state index in [0.29, 0.717) is 10.9 Å². The van der Waals surface area contributed by atoms with Gasteiger partial charge in [-0.25, -0.2) is 9.59 Å². The minimum Gasteiger partial charge on any atom is -0.500 e. The van der Waals surface area contributed by atoms with Gasteiger partial charge in [0.25, 0.3) is 0 Å². The molecule has 0 atom stereocenters. The van der Waals surface area contributed by atoms with E-state index < -0.39 is 17.5 Å². The molecule has 0 amide bonds. The summed E-state index contributed by atoms with van der Waals surface area (Å²) in [6.45, 7) is 7.12. The number of carbonyl (C=O) groups is 2. The van der Waals surface area contributed by atoms with Gasteiger partial charge in [0.05, 0.1) is 14.2 Å². The number of hydrogen-bond acceptors (Lipinski definition) is 6. The summed E-state index contributed by atoms with van der Waals surface area (Å²) in [6, 6.07) is 3.41. The van der Waals surface area contributed by atoms with Gasteiger partial charge in [-0.3, -0.25) is 0 Å². The highest BCUT2D eigenvalue weighted by Crippen LogP contribution is 2.30. The summed E-state index contributed by atoms with van der Waals surface area (Å²) < 4.78 is 20.6. The van der Waals surface area contributed by atoms with Gasteiger partial charge >= 0.3 is 11.9 Å².